The monoisotopic (exact) mass is 180 g/mol. The Bertz CT molecular complexity index is 193. The Hall–Kier alpha value is -0.430. The first-order valence-corrected chi connectivity index (χ1v) is 5.21. The van der Waals surface area contributed by atoms with Crippen molar-refractivity contribution < 1.29 is 0 Å². The Labute approximate surface area is 80.4 Å². The Morgan fingerprint density at radius 3 is 2.33 bits per heavy atom. The molecule has 0 aliphatic heterocycles. The number of unbranched alkanes of at least 4 members (excludes halogenated alkanes) is 2. The van der Waals surface area contributed by atoms with Gasteiger partial charge in [0.25, 0.3) is 0 Å². The van der Waals surface area contributed by atoms with Gasteiger partial charge in [0, 0.05) is 0 Å². The van der Waals surface area contributed by atoms with Crippen LogP contribution < -0.4 is 0 Å². The first-order valence-electron chi connectivity index (χ1n) is 4.58. The van der Waals surface area contributed by atoms with Gasteiger partial charge in [-0.3, -0.25) is 0 Å². The van der Waals surface area contributed by atoms with Crippen molar-refractivity contribution in [2.24, 2.45) is 0 Å². The molecule has 0 bridgehead atoms. The van der Waals surface area contributed by atoms with Crippen LogP contribution in [0.3, 0.4) is 0 Å². The molecule has 0 heterocycles. The summed E-state index contributed by atoms with van der Waals surface area (Å²) in [6.45, 7) is 0. The number of aryl methyl sites for hydroxylation is 1. The van der Waals surface area contributed by atoms with Crippen molar-refractivity contribution in [3.8, 4) is 0 Å². The van der Waals surface area contributed by atoms with Gasteiger partial charge in [-0.15, -0.1) is 0 Å². The number of rotatable bonds is 5. The zero-order valence-corrected chi connectivity index (χ0v) is 8.26. The molecular formula is C11H16S. The summed E-state index contributed by atoms with van der Waals surface area (Å²) >= 11 is 4.18. The summed E-state index contributed by atoms with van der Waals surface area (Å²) in [6.07, 6.45) is 5.06. The summed E-state index contributed by atoms with van der Waals surface area (Å²) in [5.74, 6) is 1.02. The highest BCUT2D eigenvalue weighted by Crippen LogP contribution is 2.06. The summed E-state index contributed by atoms with van der Waals surface area (Å²) in [5, 5.41) is 0. The van der Waals surface area contributed by atoms with E-state index in [1.54, 1.807) is 0 Å². The Balaban J connectivity index is 2.16. The number of benzene rings is 1. The summed E-state index contributed by atoms with van der Waals surface area (Å²) in [5.41, 5.74) is 1.46. The summed E-state index contributed by atoms with van der Waals surface area (Å²) in [4.78, 5) is 0. The highest BCUT2D eigenvalue weighted by atomic mass is 32.1. The predicted molar refractivity (Wildman–Crippen MR) is 57.9 cm³/mol. The van der Waals surface area contributed by atoms with E-state index >= 15 is 0 Å². The third-order valence-electron chi connectivity index (χ3n) is 1.97. The van der Waals surface area contributed by atoms with Gasteiger partial charge in [-0.2, -0.15) is 12.6 Å². The molecule has 0 atom stereocenters. The maximum atomic E-state index is 4.18. The average Bonchev–Trinajstić information content (AvgIpc) is 2.14. The predicted octanol–water partition coefficient (Wildman–Crippen LogP) is 3.33. The number of hydrogen-bond donors (Lipinski definition) is 1. The zero-order valence-electron chi connectivity index (χ0n) is 7.37. The third kappa shape index (κ3) is 3.82. The molecule has 1 heteroatoms. The fraction of sp³-hybridized carbons (Fsp3) is 0.455. The molecule has 0 radical (unpaired) electrons. The van der Waals surface area contributed by atoms with Crippen LogP contribution in [0.2, 0.25) is 0 Å². The molecule has 0 aromatic heterocycles. The van der Waals surface area contributed by atoms with Crippen molar-refractivity contribution in [2.45, 2.75) is 25.7 Å². The fourth-order valence-corrected chi connectivity index (χ4v) is 1.49. The Morgan fingerprint density at radius 1 is 0.917 bits per heavy atom. The minimum Gasteiger partial charge on any atom is -0.179 e. The molecule has 0 aliphatic rings. The topological polar surface area (TPSA) is 0 Å². The highest BCUT2D eigenvalue weighted by Gasteiger charge is 1.90. The fourth-order valence-electron chi connectivity index (χ4n) is 1.26. The van der Waals surface area contributed by atoms with Crippen LogP contribution >= 0.6 is 12.6 Å². The molecule has 0 saturated heterocycles. The van der Waals surface area contributed by atoms with E-state index in [1.165, 1.54) is 31.2 Å². The largest absolute Gasteiger partial charge is 0.179 e. The normalized spacial score (nSPS) is 10.1. The van der Waals surface area contributed by atoms with Gasteiger partial charge in [0.15, 0.2) is 0 Å². The second kappa shape index (κ2) is 6.13. The maximum absolute atomic E-state index is 4.18. The van der Waals surface area contributed by atoms with Gasteiger partial charge in [0.2, 0.25) is 0 Å². The minimum absolute atomic E-state index is 1.02. The van der Waals surface area contributed by atoms with Crippen LogP contribution in [0.15, 0.2) is 30.3 Å². The lowest BCUT2D eigenvalue weighted by Gasteiger charge is -1.99. The van der Waals surface area contributed by atoms with Gasteiger partial charge in [0.05, 0.1) is 0 Å². The van der Waals surface area contributed by atoms with Crippen LogP contribution in [0.1, 0.15) is 24.8 Å². The molecule has 0 aliphatic carbocycles. The zero-order chi connectivity index (χ0) is 8.65. The van der Waals surface area contributed by atoms with Gasteiger partial charge in [-0.25, -0.2) is 0 Å². The molecule has 0 saturated carbocycles. The van der Waals surface area contributed by atoms with Crippen LogP contribution in [-0.2, 0) is 6.42 Å². The molecule has 1 aromatic carbocycles. The van der Waals surface area contributed by atoms with Crippen molar-refractivity contribution in [3.05, 3.63) is 35.9 Å². The molecule has 0 amide bonds. The van der Waals surface area contributed by atoms with E-state index in [2.05, 4.69) is 43.0 Å². The average molecular weight is 180 g/mol. The third-order valence-corrected chi connectivity index (χ3v) is 2.28. The molecule has 12 heavy (non-hydrogen) atoms. The van der Waals surface area contributed by atoms with Gasteiger partial charge < -0.3 is 0 Å². The maximum Gasteiger partial charge on any atom is -0.00979 e. The lowest BCUT2D eigenvalue weighted by atomic mass is 10.1. The van der Waals surface area contributed by atoms with E-state index in [0.717, 1.165) is 5.75 Å². The van der Waals surface area contributed by atoms with E-state index in [0.29, 0.717) is 0 Å². The molecule has 0 unspecified atom stereocenters. The number of hydrogen-bond acceptors (Lipinski definition) is 1. The summed E-state index contributed by atoms with van der Waals surface area (Å²) < 4.78 is 0. The smallest absolute Gasteiger partial charge is 0.00979 e. The van der Waals surface area contributed by atoms with Crippen LogP contribution in [0, 0.1) is 0 Å². The van der Waals surface area contributed by atoms with Crippen LogP contribution in [-0.4, -0.2) is 5.75 Å². The lowest BCUT2D eigenvalue weighted by molar-refractivity contribution is 0.723. The minimum atomic E-state index is 1.02. The van der Waals surface area contributed by atoms with E-state index in [9.17, 15) is 0 Å². The molecule has 0 fully saturated rings. The molecule has 0 spiro atoms. The molecule has 0 nitrogen and oxygen atoms in total. The second-order valence-electron chi connectivity index (χ2n) is 3.02. The Morgan fingerprint density at radius 2 is 1.67 bits per heavy atom. The standard InChI is InChI=1S/C11H16S/c12-10-6-2-5-9-11-7-3-1-4-8-11/h1,3-4,7-8,12H,2,5-6,9-10H2. The first-order chi connectivity index (χ1) is 5.93. The van der Waals surface area contributed by atoms with Crippen molar-refractivity contribution in [1.29, 1.82) is 0 Å². The lowest BCUT2D eigenvalue weighted by Crippen LogP contribution is -1.85. The van der Waals surface area contributed by atoms with Crippen molar-refractivity contribution in [2.75, 3.05) is 5.75 Å². The summed E-state index contributed by atoms with van der Waals surface area (Å²) in [6, 6.07) is 10.7. The molecule has 66 valence electrons. The molecule has 1 aromatic rings. The van der Waals surface area contributed by atoms with Crippen LogP contribution in [0.4, 0.5) is 0 Å². The quantitative estimate of drug-likeness (QED) is 0.521. The highest BCUT2D eigenvalue weighted by molar-refractivity contribution is 7.80. The van der Waals surface area contributed by atoms with E-state index in [1.807, 2.05) is 0 Å². The van der Waals surface area contributed by atoms with Crippen molar-refractivity contribution in [3.63, 3.8) is 0 Å². The van der Waals surface area contributed by atoms with Gasteiger partial charge >= 0.3 is 0 Å². The van der Waals surface area contributed by atoms with E-state index in [4.69, 9.17) is 0 Å². The molecule has 0 N–H and O–H groups in total. The van der Waals surface area contributed by atoms with Crippen molar-refractivity contribution >= 4 is 12.6 Å². The van der Waals surface area contributed by atoms with Crippen LogP contribution in [0.5, 0.6) is 0 Å². The SMILES string of the molecule is SCCCCCc1ccccc1. The Kier molecular flexibility index (Phi) is 4.93. The summed E-state index contributed by atoms with van der Waals surface area (Å²) in [7, 11) is 0. The molecular weight excluding hydrogens is 164 g/mol. The van der Waals surface area contributed by atoms with E-state index < -0.39 is 0 Å². The van der Waals surface area contributed by atoms with Gasteiger partial charge in [-0.05, 0) is 30.6 Å². The second-order valence-corrected chi connectivity index (χ2v) is 3.47. The van der Waals surface area contributed by atoms with Crippen molar-refractivity contribution in [1.82, 2.24) is 0 Å². The molecule has 1 rings (SSSR count). The van der Waals surface area contributed by atoms with E-state index in [-0.39, 0.29) is 0 Å². The van der Waals surface area contributed by atoms with Gasteiger partial charge in [0.1, 0.15) is 0 Å². The number of thiol groups is 1. The van der Waals surface area contributed by atoms with Crippen LogP contribution in [0.25, 0.3) is 0 Å². The van der Waals surface area contributed by atoms with Gasteiger partial charge in [-0.1, -0.05) is 36.8 Å². The first kappa shape index (κ1) is 9.66.